The number of primary sulfonamides is 1. The van der Waals surface area contributed by atoms with Gasteiger partial charge < -0.3 is 15.4 Å². The summed E-state index contributed by atoms with van der Waals surface area (Å²) in [4.78, 5) is 12.1. The normalized spacial score (nSPS) is 19.3. The van der Waals surface area contributed by atoms with Gasteiger partial charge in [0.2, 0.25) is 15.9 Å². The molecular formula is C13H19N3O4S. The molecule has 116 valence electrons. The summed E-state index contributed by atoms with van der Waals surface area (Å²) < 4.78 is 28.2. The summed E-state index contributed by atoms with van der Waals surface area (Å²) in [6.07, 6.45) is 0. The average molecular weight is 313 g/mol. The molecule has 1 aliphatic heterocycles. The van der Waals surface area contributed by atoms with Gasteiger partial charge in [0, 0.05) is 12.2 Å². The number of sulfonamides is 1. The highest BCUT2D eigenvalue weighted by Crippen LogP contribution is 2.23. The van der Waals surface area contributed by atoms with Crippen molar-refractivity contribution in [1.82, 2.24) is 5.32 Å². The number of hydrogen-bond acceptors (Lipinski definition) is 5. The molecule has 1 unspecified atom stereocenters. The van der Waals surface area contributed by atoms with Gasteiger partial charge in [-0.05, 0) is 37.1 Å². The Bertz CT molecular complexity index is 652. The standard InChI is InChI=1S/C13H19N3O4S/c1-8-5-10(21(14,18)19)6-11(9(8)2)16-13(17)12-7-20-4-3-15-12/h5-6,12,15H,3-4,7H2,1-2H3,(H,16,17)(H2,14,18,19). The van der Waals surface area contributed by atoms with Crippen molar-refractivity contribution in [3.8, 4) is 0 Å². The molecule has 0 bridgehead atoms. The highest BCUT2D eigenvalue weighted by molar-refractivity contribution is 7.89. The molecule has 1 aromatic rings. The minimum Gasteiger partial charge on any atom is -0.378 e. The van der Waals surface area contributed by atoms with Crippen molar-refractivity contribution in [2.45, 2.75) is 24.8 Å². The Labute approximate surface area is 123 Å². The number of hydrogen-bond donors (Lipinski definition) is 3. The average Bonchev–Trinajstić information content (AvgIpc) is 2.43. The van der Waals surface area contributed by atoms with E-state index in [4.69, 9.17) is 9.88 Å². The molecule has 0 aromatic heterocycles. The third kappa shape index (κ3) is 3.79. The summed E-state index contributed by atoms with van der Waals surface area (Å²) in [5, 5.41) is 10.9. The van der Waals surface area contributed by atoms with E-state index in [0.717, 1.165) is 11.1 Å². The van der Waals surface area contributed by atoms with Crippen molar-refractivity contribution in [2.75, 3.05) is 25.1 Å². The highest BCUT2D eigenvalue weighted by Gasteiger charge is 2.22. The third-order valence-corrected chi connectivity index (χ3v) is 4.36. The fourth-order valence-corrected chi connectivity index (χ4v) is 2.70. The number of benzene rings is 1. The van der Waals surface area contributed by atoms with E-state index in [1.165, 1.54) is 12.1 Å². The highest BCUT2D eigenvalue weighted by atomic mass is 32.2. The van der Waals surface area contributed by atoms with Crippen LogP contribution in [0.1, 0.15) is 11.1 Å². The molecule has 1 fully saturated rings. The Balaban J connectivity index is 2.26. The maximum absolute atomic E-state index is 12.2. The Kier molecular flexibility index (Phi) is 4.62. The number of amides is 1. The predicted molar refractivity (Wildman–Crippen MR) is 78.5 cm³/mol. The Morgan fingerprint density at radius 1 is 1.43 bits per heavy atom. The zero-order valence-electron chi connectivity index (χ0n) is 12.0. The monoisotopic (exact) mass is 313 g/mol. The zero-order chi connectivity index (χ0) is 15.6. The van der Waals surface area contributed by atoms with Crippen LogP contribution in [0.5, 0.6) is 0 Å². The van der Waals surface area contributed by atoms with E-state index >= 15 is 0 Å². The first-order chi connectivity index (χ1) is 9.79. The molecule has 1 atom stereocenters. The molecule has 1 saturated heterocycles. The first-order valence-corrected chi connectivity index (χ1v) is 8.09. The number of carbonyl (C=O) groups excluding carboxylic acids is 1. The predicted octanol–water partition coefficient (Wildman–Crippen LogP) is -0.122. The number of aryl methyl sites for hydroxylation is 1. The summed E-state index contributed by atoms with van der Waals surface area (Å²) in [6, 6.07) is 2.42. The van der Waals surface area contributed by atoms with Gasteiger partial charge in [-0.3, -0.25) is 4.79 Å². The van der Waals surface area contributed by atoms with E-state index in [1.54, 1.807) is 6.92 Å². The van der Waals surface area contributed by atoms with Crippen molar-refractivity contribution in [2.24, 2.45) is 5.14 Å². The van der Waals surface area contributed by atoms with E-state index in [0.29, 0.717) is 25.4 Å². The van der Waals surface area contributed by atoms with E-state index < -0.39 is 16.1 Å². The van der Waals surface area contributed by atoms with Crippen LogP contribution in [0.3, 0.4) is 0 Å². The molecule has 1 amide bonds. The molecule has 0 aliphatic carbocycles. The second-order valence-electron chi connectivity index (χ2n) is 5.03. The Hall–Kier alpha value is -1.48. The van der Waals surface area contributed by atoms with Gasteiger partial charge in [0.05, 0.1) is 18.1 Å². The second-order valence-corrected chi connectivity index (χ2v) is 6.59. The minimum absolute atomic E-state index is 0.0197. The molecule has 2 rings (SSSR count). The van der Waals surface area contributed by atoms with Crippen molar-refractivity contribution >= 4 is 21.6 Å². The molecule has 1 aromatic carbocycles. The summed E-state index contributed by atoms with van der Waals surface area (Å²) in [7, 11) is -3.82. The number of ether oxygens (including phenoxy) is 1. The second kappa shape index (κ2) is 6.10. The van der Waals surface area contributed by atoms with Gasteiger partial charge in [-0.2, -0.15) is 0 Å². The van der Waals surface area contributed by atoms with Gasteiger partial charge in [0.15, 0.2) is 0 Å². The van der Waals surface area contributed by atoms with Gasteiger partial charge in [-0.15, -0.1) is 0 Å². The lowest BCUT2D eigenvalue weighted by atomic mass is 10.1. The van der Waals surface area contributed by atoms with Crippen molar-refractivity contribution in [3.05, 3.63) is 23.3 Å². The molecular weight excluding hydrogens is 294 g/mol. The van der Waals surface area contributed by atoms with Gasteiger partial charge in [0.25, 0.3) is 0 Å². The van der Waals surface area contributed by atoms with Crippen LogP contribution in [-0.4, -0.2) is 40.1 Å². The maximum atomic E-state index is 12.2. The fourth-order valence-electron chi connectivity index (χ4n) is 2.07. The molecule has 4 N–H and O–H groups in total. The van der Waals surface area contributed by atoms with Crippen molar-refractivity contribution in [1.29, 1.82) is 0 Å². The van der Waals surface area contributed by atoms with Crippen LogP contribution in [-0.2, 0) is 19.6 Å². The summed E-state index contributed by atoms with van der Waals surface area (Å²) >= 11 is 0. The largest absolute Gasteiger partial charge is 0.378 e. The van der Waals surface area contributed by atoms with Crippen LogP contribution in [0, 0.1) is 13.8 Å². The van der Waals surface area contributed by atoms with Crippen LogP contribution in [0.25, 0.3) is 0 Å². The third-order valence-electron chi connectivity index (χ3n) is 3.47. The van der Waals surface area contributed by atoms with Crippen molar-refractivity contribution < 1.29 is 17.9 Å². The van der Waals surface area contributed by atoms with Crippen molar-refractivity contribution in [3.63, 3.8) is 0 Å². The molecule has 1 aliphatic rings. The van der Waals surface area contributed by atoms with Gasteiger partial charge in [-0.25, -0.2) is 13.6 Å². The van der Waals surface area contributed by atoms with Crippen LogP contribution in [0.4, 0.5) is 5.69 Å². The molecule has 0 radical (unpaired) electrons. The van der Waals surface area contributed by atoms with Crippen LogP contribution < -0.4 is 15.8 Å². The zero-order valence-corrected chi connectivity index (χ0v) is 12.8. The van der Waals surface area contributed by atoms with Gasteiger partial charge in [0.1, 0.15) is 6.04 Å². The Morgan fingerprint density at radius 2 is 2.14 bits per heavy atom. The number of morpholine rings is 1. The first kappa shape index (κ1) is 15.9. The summed E-state index contributed by atoms with van der Waals surface area (Å²) in [5.74, 6) is -0.260. The minimum atomic E-state index is -3.82. The summed E-state index contributed by atoms with van der Waals surface area (Å²) in [5.41, 5.74) is 1.98. The maximum Gasteiger partial charge on any atom is 0.243 e. The molecule has 0 saturated carbocycles. The van der Waals surface area contributed by atoms with E-state index in [2.05, 4.69) is 10.6 Å². The molecule has 21 heavy (non-hydrogen) atoms. The number of nitrogens with one attached hydrogen (secondary N) is 2. The van der Waals surface area contributed by atoms with Crippen LogP contribution >= 0.6 is 0 Å². The fraction of sp³-hybridized carbons (Fsp3) is 0.462. The molecule has 7 nitrogen and oxygen atoms in total. The number of nitrogens with two attached hydrogens (primary N) is 1. The van der Waals surface area contributed by atoms with E-state index in [-0.39, 0.29) is 10.8 Å². The quantitative estimate of drug-likeness (QED) is 0.720. The molecule has 8 heteroatoms. The molecule has 1 heterocycles. The number of rotatable bonds is 3. The SMILES string of the molecule is Cc1cc(S(N)(=O)=O)cc(NC(=O)C2COCCN2)c1C. The van der Waals surface area contributed by atoms with E-state index in [9.17, 15) is 13.2 Å². The molecule has 0 spiro atoms. The summed E-state index contributed by atoms with van der Waals surface area (Å²) in [6.45, 7) is 5.04. The topological polar surface area (TPSA) is 111 Å². The lowest BCUT2D eigenvalue weighted by Crippen LogP contribution is -2.48. The first-order valence-electron chi connectivity index (χ1n) is 6.55. The number of anilines is 1. The number of carbonyl (C=O) groups is 1. The lowest BCUT2D eigenvalue weighted by Gasteiger charge is -2.23. The van der Waals surface area contributed by atoms with Crippen LogP contribution in [0.15, 0.2) is 17.0 Å². The Morgan fingerprint density at radius 3 is 2.71 bits per heavy atom. The van der Waals surface area contributed by atoms with Crippen LogP contribution in [0.2, 0.25) is 0 Å². The van der Waals surface area contributed by atoms with E-state index in [1.807, 2.05) is 6.92 Å². The smallest absolute Gasteiger partial charge is 0.243 e. The lowest BCUT2D eigenvalue weighted by molar-refractivity contribution is -0.120. The van der Waals surface area contributed by atoms with Gasteiger partial charge in [-0.1, -0.05) is 0 Å². The van der Waals surface area contributed by atoms with Gasteiger partial charge >= 0.3 is 0 Å².